The molecule has 7 atom stereocenters. The first-order valence-electron chi connectivity index (χ1n) is 20.7. The Labute approximate surface area is 336 Å². The van der Waals surface area contributed by atoms with Crippen LogP contribution in [0.5, 0.6) is 5.75 Å². The monoisotopic (exact) mass is 805 g/mol. The van der Waals surface area contributed by atoms with Crippen molar-refractivity contribution in [2.24, 2.45) is 23.2 Å². The molecular weight excluding hydrogens is 729 g/mol. The predicted molar refractivity (Wildman–Crippen MR) is 226 cm³/mol. The molecule has 11 heteroatoms. The van der Waals surface area contributed by atoms with Gasteiger partial charge >= 0.3 is 11.9 Å². The van der Waals surface area contributed by atoms with Gasteiger partial charge in [0.05, 0.1) is 32.3 Å². The number of Topliss-reactive ketones (excluding diaryl/α,β-unsaturated/α-hetero) is 1. The van der Waals surface area contributed by atoms with E-state index in [-0.39, 0.29) is 60.2 Å². The van der Waals surface area contributed by atoms with Crippen molar-refractivity contribution in [3.05, 3.63) is 42.0 Å². The molecule has 0 bridgehead atoms. The fourth-order valence-electron chi connectivity index (χ4n) is 7.29. The van der Waals surface area contributed by atoms with Gasteiger partial charge in [-0.25, -0.2) is 0 Å². The number of hydrogen-bond donors (Lipinski definition) is 0. The van der Waals surface area contributed by atoms with Gasteiger partial charge in [0.25, 0.3) is 0 Å². The van der Waals surface area contributed by atoms with Crippen molar-refractivity contribution in [1.29, 1.82) is 0 Å². The molecule has 1 aliphatic rings. The SMILES string of the molecule is CC[Si](CC)(CC)O[C@@H]([C@@H](C)[C@@H]1/C=C\C(C)(C)C[C@@H](C)C(=O)CC(=O)O[C@@H](CO[Si](C)(C)C(C)(C)C)CC(=O)O1)[C@@H](C)CC[C@H](OC)c1cccc(OC)c1. The van der Waals surface area contributed by atoms with Gasteiger partial charge in [-0.2, -0.15) is 0 Å². The van der Waals surface area contributed by atoms with Crippen LogP contribution in [0.25, 0.3) is 0 Å². The number of rotatable bonds is 17. The summed E-state index contributed by atoms with van der Waals surface area (Å²) in [6.45, 7) is 27.7. The van der Waals surface area contributed by atoms with E-state index in [1.807, 2.05) is 31.2 Å². The number of carbonyl (C=O) groups excluding carboxylic acids is 3. The number of allylic oxidation sites excluding steroid dienone is 1. The van der Waals surface area contributed by atoms with Crippen molar-refractivity contribution >= 4 is 34.4 Å². The third-order valence-corrected chi connectivity index (χ3v) is 21.5. The molecule has 0 aliphatic carbocycles. The quantitative estimate of drug-likeness (QED) is 0.0658. The van der Waals surface area contributed by atoms with Gasteiger partial charge in [0.2, 0.25) is 0 Å². The molecule has 0 saturated heterocycles. The highest BCUT2D eigenvalue weighted by molar-refractivity contribution is 6.74. The Morgan fingerprint density at radius 3 is 2.15 bits per heavy atom. The molecule has 0 aromatic heterocycles. The molecule has 1 aromatic carbocycles. The Morgan fingerprint density at radius 2 is 1.58 bits per heavy atom. The fourth-order valence-corrected chi connectivity index (χ4v) is 11.3. The van der Waals surface area contributed by atoms with E-state index >= 15 is 0 Å². The molecular formula is C44H76O9Si2. The van der Waals surface area contributed by atoms with Gasteiger partial charge in [-0.3, -0.25) is 14.4 Å². The van der Waals surface area contributed by atoms with Gasteiger partial charge in [0.1, 0.15) is 30.2 Å². The topological polar surface area (TPSA) is 107 Å². The second kappa shape index (κ2) is 21.4. The Kier molecular flexibility index (Phi) is 19.0. The third kappa shape index (κ3) is 14.9. The maximum Gasteiger partial charge on any atom is 0.313 e. The molecule has 9 nitrogen and oxygen atoms in total. The maximum atomic E-state index is 14.0. The highest BCUT2D eigenvalue weighted by Gasteiger charge is 2.41. The van der Waals surface area contributed by atoms with Gasteiger partial charge in [0, 0.05) is 18.9 Å². The minimum atomic E-state index is -2.25. The molecule has 1 aromatic rings. The number of ether oxygens (including phenoxy) is 4. The molecule has 0 radical (unpaired) electrons. The number of esters is 2. The van der Waals surface area contributed by atoms with Crippen LogP contribution in [0.3, 0.4) is 0 Å². The molecule has 0 spiro atoms. The van der Waals surface area contributed by atoms with E-state index in [4.69, 9.17) is 27.8 Å². The lowest BCUT2D eigenvalue weighted by Gasteiger charge is -2.41. The summed E-state index contributed by atoms with van der Waals surface area (Å²) in [5.74, 6) is -0.985. The Balaban J connectivity index is 2.56. The largest absolute Gasteiger partial charge is 0.497 e. The first-order valence-corrected chi connectivity index (χ1v) is 26.1. The van der Waals surface area contributed by atoms with Gasteiger partial charge in [0.15, 0.2) is 16.6 Å². The number of methoxy groups -OCH3 is 2. The van der Waals surface area contributed by atoms with Crippen molar-refractivity contribution in [1.82, 2.24) is 0 Å². The molecule has 0 N–H and O–H groups in total. The first-order chi connectivity index (χ1) is 25.6. The standard InChI is InChI=1S/C44H76O9Si2/c1-16-55(17-2,18-3)53-42(31(4)22-23-39(49-13)34-20-19-21-35(26-34)48-12)33(6)38-24-25-44(10,11)29-32(5)37(45)28-41(47)51-36(27-40(46)52-38)30-50-54(14,15)43(7,8)9/h19-21,24-26,31-33,36,38-39,42H,16-18,22-23,27-30H2,1-15H3/b25-24-/t31-,32+,33-,36+,38-,39-,42+/m0/s1. The fraction of sp³-hybridized carbons (Fsp3) is 0.750. The van der Waals surface area contributed by atoms with Gasteiger partial charge in [-0.1, -0.05) is 94.4 Å². The van der Waals surface area contributed by atoms with Crippen LogP contribution in [0.15, 0.2) is 36.4 Å². The van der Waals surface area contributed by atoms with Crippen LogP contribution in [0, 0.1) is 23.2 Å². The van der Waals surface area contributed by atoms with Crippen LogP contribution in [0.4, 0.5) is 0 Å². The van der Waals surface area contributed by atoms with Gasteiger partial charge in [-0.15, -0.1) is 0 Å². The molecule has 1 heterocycles. The summed E-state index contributed by atoms with van der Waals surface area (Å²) in [4.78, 5) is 40.4. The number of ketones is 1. The summed E-state index contributed by atoms with van der Waals surface area (Å²) >= 11 is 0. The minimum Gasteiger partial charge on any atom is -0.497 e. The zero-order chi connectivity index (χ0) is 41.8. The van der Waals surface area contributed by atoms with E-state index in [1.165, 1.54) is 0 Å². The molecule has 0 amide bonds. The lowest BCUT2D eigenvalue weighted by Crippen LogP contribution is -2.47. The maximum absolute atomic E-state index is 14.0. The highest BCUT2D eigenvalue weighted by atomic mass is 28.4. The number of hydrogen-bond acceptors (Lipinski definition) is 9. The molecule has 0 saturated carbocycles. The molecule has 55 heavy (non-hydrogen) atoms. The molecule has 314 valence electrons. The summed E-state index contributed by atoms with van der Waals surface area (Å²) in [6.07, 6.45) is 3.83. The number of carbonyl (C=O) groups is 3. The molecule has 0 unspecified atom stereocenters. The second-order valence-corrected chi connectivity index (χ2v) is 27.7. The van der Waals surface area contributed by atoms with E-state index in [0.29, 0.717) is 6.42 Å². The number of cyclic esters (lactones) is 2. The summed E-state index contributed by atoms with van der Waals surface area (Å²) in [6, 6.07) is 11.0. The van der Waals surface area contributed by atoms with Crippen LogP contribution in [-0.4, -0.2) is 73.5 Å². The average Bonchev–Trinajstić information content (AvgIpc) is 3.12. The average molecular weight is 805 g/mol. The third-order valence-electron chi connectivity index (χ3n) is 12.4. The Hall–Kier alpha value is -2.32. The van der Waals surface area contributed by atoms with Crippen LogP contribution in [0.1, 0.15) is 120 Å². The van der Waals surface area contributed by atoms with Crippen LogP contribution < -0.4 is 4.74 Å². The van der Waals surface area contributed by atoms with Crippen molar-refractivity contribution < 1.29 is 42.2 Å². The van der Waals surface area contributed by atoms with E-state index in [1.54, 1.807) is 14.2 Å². The minimum absolute atomic E-state index is 0.0541. The van der Waals surface area contributed by atoms with Crippen LogP contribution >= 0.6 is 0 Å². The molecule has 0 fully saturated rings. The normalized spacial score (nSPS) is 23.5. The summed E-state index contributed by atoms with van der Waals surface area (Å²) in [7, 11) is -0.959. The first kappa shape index (κ1) is 48.8. The van der Waals surface area contributed by atoms with Gasteiger partial charge in [-0.05, 0) is 90.6 Å². The summed E-state index contributed by atoms with van der Waals surface area (Å²) < 4.78 is 37.5. The van der Waals surface area contributed by atoms with E-state index in [0.717, 1.165) is 42.3 Å². The predicted octanol–water partition coefficient (Wildman–Crippen LogP) is 10.6. The zero-order valence-corrected chi connectivity index (χ0v) is 39.0. The molecule has 2 rings (SSSR count). The van der Waals surface area contributed by atoms with Crippen molar-refractivity contribution in [2.75, 3.05) is 20.8 Å². The summed E-state index contributed by atoms with van der Waals surface area (Å²) in [5.41, 5.74) is 0.649. The van der Waals surface area contributed by atoms with E-state index in [9.17, 15) is 14.4 Å². The van der Waals surface area contributed by atoms with Crippen molar-refractivity contribution in [3.63, 3.8) is 0 Å². The Bertz CT molecular complexity index is 1390. The smallest absolute Gasteiger partial charge is 0.313 e. The van der Waals surface area contributed by atoms with Crippen molar-refractivity contribution in [3.8, 4) is 5.75 Å². The van der Waals surface area contributed by atoms with Gasteiger partial charge < -0.3 is 27.8 Å². The number of benzene rings is 1. The lowest BCUT2D eigenvalue weighted by atomic mass is 9.79. The zero-order valence-electron chi connectivity index (χ0n) is 37.0. The van der Waals surface area contributed by atoms with Crippen LogP contribution in [-0.2, 0) is 37.4 Å². The lowest BCUT2D eigenvalue weighted by molar-refractivity contribution is -0.161. The van der Waals surface area contributed by atoms with Crippen molar-refractivity contribution in [2.45, 2.75) is 169 Å². The molecule has 1 aliphatic heterocycles. The van der Waals surface area contributed by atoms with E-state index < -0.39 is 46.2 Å². The van der Waals surface area contributed by atoms with Crippen LogP contribution in [0.2, 0.25) is 36.3 Å². The summed E-state index contributed by atoms with van der Waals surface area (Å²) in [5, 5.41) is -0.0838. The van der Waals surface area contributed by atoms with E-state index in [2.05, 4.69) is 94.5 Å². The second-order valence-electron chi connectivity index (χ2n) is 18.2. The highest BCUT2D eigenvalue weighted by Crippen LogP contribution is 2.38. The Morgan fingerprint density at radius 1 is 0.945 bits per heavy atom.